The fraction of sp³-hybridized carbons (Fsp3) is 0. The van der Waals surface area contributed by atoms with Crippen LogP contribution in [0.4, 0.5) is 0 Å². The lowest BCUT2D eigenvalue weighted by atomic mass is 10.00. The third kappa shape index (κ3) is 12.9. The van der Waals surface area contributed by atoms with Crippen LogP contribution < -0.4 is 0 Å². The standard InChI is InChI=1S/C66H43N3.C64H41N3/c1-4-14-44(15-5-1)47-24-32-52(33-25-47)67-61-22-12-10-20-55(61)57-40-50(30-38-63(57)67)51-31-39-64-58(41-51)60-42-59-56-21-11-13-23-62(56)68(53-34-26-48(27-35-53)45-16-6-2-7-17-45)65(59)43-66(60)69(64)54-36-28-49(29-37-54)46-18-8-3-9-19-46;1-3-13-42(14-4-1)45-23-30-50(31-24-45)65-59-21-11-9-19-53(59)55-38-48(28-35-61(55)65)49-29-36-62-56(39-49)58-40-57-54-20-10-12-22-60(54)67(52-34-27-44-17-7-8-18-47(44)37-52)63(57)41-64(58)66(62)51-32-25-46(26-33-51)43-15-5-2-6-16-43/h1-43H;1-41H. The van der Waals surface area contributed by atoms with E-state index in [2.05, 4.69) is 537 Å². The van der Waals surface area contributed by atoms with Crippen molar-refractivity contribution in [2.75, 3.05) is 0 Å². The first-order valence-electron chi connectivity index (χ1n) is 46.8. The fourth-order valence-electron chi connectivity index (χ4n) is 21.8. The minimum atomic E-state index is 1.13. The first kappa shape index (κ1) is 77.8. The van der Waals surface area contributed by atoms with Crippen LogP contribution in [0.3, 0.4) is 0 Å². The normalized spacial score (nSPS) is 11.8. The van der Waals surface area contributed by atoms with Crippen molar-refractivity contribution in [2.24, 2.45) is 0 Å². The molecule has 28 rings (SSSR count). The average molecular weight is 1730 g/mol. The van der Waals surface area contributed by atoms with Gasteiger partial charge in [-0.1, -0.05) is 340 Å². The van der Waals surface area contributed by atoms with E-state index in [4.69, 9.17) is 0 Å². The second-order valence-electron chi connectivity index (χ2n) is 35.9. The molecular weight excluding hydrogens is 1650 g/mol. The van der Waals surface area contributed by atoms with Gasteiger partial charge in [0.2, 0.25) is 0 Å². The summed E-state index contributed by atoms with van der Waals surface area (Å²) in [6, 6.07) is 187. The average Bonchev–Trinajstić information content (AvgIpc) is 1.56. The molecule has 22 aromatic carbocycles. The van der Waals surface area contributed by atoms with E-state index >= 15 is 0 Å². The van der Waals surface area contributed by atoms with E-state index in [9.17, 15) is 0 Å². The highest BCUT2D eigenvalue weighted by atomic mass is 15.0. The molecule has 0 fully saturated rings. The molecule has 136 heavy (non-hydrogen) atoms. The Morgan fingerprint density at radius 2 is 0.272 bits per heavy atom. The number of rotatable bonds is 13. The Kier molecular flexibility index (Phi) is 18.2. The highest BCUT2D eigenvalue weighted by Crippen LogP contribution is 2.47. The molecule has 28 aromatic rings. The maximum Gasteiger partial charge on any atom is 0.0562 e. The van der Waals surface area contributed by atoms with Gasteiger partial charge >= 0.3 is 0 Å². The van der Waals surface area contributed by atoms with E-state index < -0.39 is 0 Å². The lowest BCUT2D eigenvalue weighted by Gasteiger charge is -2.12. The molecule has 0 bridgehead atoms. The molecule has 0 aliphatic rings. The van der Waals surface area contributed by atoms with Crippen molar-refractivity contribution < 1.29 is 0 Å². The van der Waals surface area contributed by atoms with Gasteiger partial charge in [-0.15, -0.1) is 0 Å². The molecule has 0 saturated heterocycles. The molecule has 6 aromatic heterocycles. The molecule has 0 spiro atoms. The molecule has 6 heterocycles. The van der Waals surface area contributed by atoms with Crippen LogP contribution in [-0.4, -0.2) is 27.4 Å². The van der Waals surface area contributed by atoms with Gasteiger partial charge in [0.05, 0.1) is 66.2 Å². The summed E-state index contributed by atoms with van der Waals surface area (Å²) in [5.41, 5.74) is 38.0. The van der Waals surface area contributed by atoms with Crippen LogP contribution in [-0.2, 0) is 0 Å². The largest absolute Gasteiger partial charge is 0.309 e. The molecule has 6 nitrogen and oxygen atoms in total. The van der Waals surface area contributed by atoms with Gasteiger partial charge in [-0.3, -0.25) is 0 Å². The Bertz CT molecular complexity index is 9580. The van der Waals surface area contributed by atoms with E-state index in [1.54, 1.807) is 0 Å². The predicted molar refractivity (Wildman–Crippen MR) is 574 cm³/mol. The number of hydrogen-bond donors (Lipinski definition) is 0. The molecule has 6 heteroatoms. The summed E-state index contributed by atoms with van der Waals surface area (Å²) in [6.45, 7) is 0. The minimum absolute atomic E-state index is 1.13. The minimum Gasteiger partial charge on any atom is -0.309 e. The van der Waals surface area contributed by atoms with Crippen molar-refractivity contribution in [3.8, 4) is 112 Å². The van der Waals surface area contributed by atoms with Gasteiger partial charge in [0.25, 0.3) is 0 Å². The van der Waals surface area contributed by atoms with E-state index in [-0.39, 0.29) is 0 Å². The van der Waals surface area contributed by atoms with Crippen LogP contribution in [0.25, 0.3) is 254 Å². The zero-order valence-corrected chi connectivity index (χ0v) is 74.2. The number of hydrogen-bond acceptors (Lipinski definition) is 0. The summed E-state index contributed by atoms with van der Waals surface area (Å²) in [7, 11) is 0. The zero-order chi connectivity index (χ0) is 89.4. The molecule has 0 aliphatic carbocycles. The maximum atomic E-state index is 2.46. The zero-order valence-electron chi connectivity index (χ0n) is 74.2. The number of benzene rings is 22. The summed E-state index contributed by atoms with van der Waals surface area (Å²) in [6.07, 6.45) is 0. The van der Waals surface area contributed by atoms with Crippen LogP contribution in [0.2, 0.25) is 0 Å². The Hall–Kier alpha value is -18.1. The highest BCUT2D eigenvalue weighted by Gasteiger charge is 2.25. The molecule has 0 aliphatic heterocycles. The first-order chi connectivity index (χ1) is 67.4. The lowest BCUT2D eigenvalue weighted by Crippen LogP contribution is -1.96. The topological polar surface area (TPSA) is 29.6 Å². The number of para-hydroxylation sites is 4. The fourth-order valence-corrected chi connectivity index (χ4v) is 21.8. The van der Waals surface area contributed by atoms with Gasteiger partial charge in [-0.2, -0.15) is 0 Å². The van der Waals surface area contributed by atoms with Crippen LogP contribution in [0.1, 0.15) is 0 Å². The number of aromatic nitrogens is 6. The van der Waals surface area contributed by atoms with Crippen molar-refractivity contribution in [2.45, 2.75) is 0 Å². The Morgan fingerprint density at radius 1 is 0.0882 bits per heavy atom. The second kappa shape index (κ2) is 31.9. The number of fused-ring (bicyclic) bond motifs is 19. The molecule has 0 atom stereocenters. The molecular formula is C130H84N6. The molecule has 0 radical (unpaired) electrons. The monoisotopic (exact) mass is 1730 g/mol. The van der Waals surface area contributed by atoms with Crippen LogP contribution in [0.15, 0.2) is 510 Å². The van der Waals surface area contributed by atoms with Crippen molar-refractivity contribution in [1.82, 2.24) is 27.4 Å². The SMILES string of the molecule is c1ccc(-c2ccc(-n3c4ccccc4c4cc(-c5ccc6c(c5)c5cc7c8ccccc8n(-c8ccc(-c9ccccc9)cc8)c7cc5n6-c5ccc(-c6ccccc6)cc5)ccc43)cc2)cc1.c1ccc(-c2ccc(-n3c4ccccc4c4cc(-c5ccc6c(c5)c5cc7c8ccccc8n(-c8ccc9ccccc9c8)c7cc5n6-c5ccc(-c6ccccc6)cc5)ccc43)cc2)cc1. The van der Waals surface area contributed by atoms with Gasteiger partial charge in [0, 0.05) is 98.8 Å². The molecule has 0 saturated carbocycles. The Labute approximate surface area is 785 Å². The third-order valence-electron chi connectivity index (χ3n) is 28.3. The van der Waals surface area contributed by atoms with Crippen molar-refractivity contribution in [3.63, 3.8) is 0 Å². The summed E-state index contributed by atoms with van der Waals surface area (Å²) >= 11 is 0. The maximum absolute atomic E-state index is 2.46. The van der Waals surface area contributed by atoms with E-state index in [0.29, 0.717) is 0 Å². The molecule has 0 N–H and O–H groups in total. The lowest BCUT2D eigenvalue weighted by molar-refractivity contribution is 1.16. The number of nitrogens with zero attached hydrogens (tertiary/aromatic N) is 6. The quantitative estimate of drug-likeness (QED) is 0.110. The Morgan fingerprint density at radius 3 is 0.551 bits per heavy atom. The van der Waals surface area contributed by atoms with Crippen LogP contribution in [0, 0.1) is 0 Å². The van der Waals surface area contributed by atoms with Crippen LogP contribution >= 0.6 is 0 Å². The van der Waals surface area contributed by atoms with E-state index in [1.807, 2.05) is 0 Å². The van der Waals surface area contributed by atoms with E-state index in [0.717, 1.165) is 34.1 Å². The van der Waals surface area contributed by atoms with Gasteiger partial charge in [0.1, 0.15) is 0 Å². The summed E-state index contributed by atoms with van der Waals surface area (Å²) in [5.74, 6) is 0. The van der Waals surface area contributed by atoms with Crippen molar-refractivity contribution in [1.29, 1.82) is 0 Å². The smallest absolute Gasteiger partial charge is 0.0562 e. The van der Waals surface area contributed by atoms with Crippen LogP contribution in [0.5, 0.6) is 0 Å². The molecule has 0 unspecified atom stereocenters. The second-order valence-corrected chi connectivity index (χ2v) is 35.9. The van der Waals surface area contributed by atoms with E-state index in [1.165, 1.54) is 219 Å². The third-order valence-corrected chi connectivity index (χ3v) is 28.3. The van der Waals surface area contributed by atoms with Gasteiger partial charge in [-0.25, -0.2) is 0 Å². The Balaban J connectivity index is 0.000000138. The summed E-state index contributed by atoms with van der Waals surface area (Å²) < 4.78 is 14.6. The summed E-state index contributed by atoms with van der Waals surface area (Å²) in [5, 5.41) is 17.3. The first-order valence-corrected chi connectivity index (χ1v) is 46.8. The van der Waals surface area contributed by atoms with Crippen molar-refractivity contribution in [3.05, 3.63) is 510 Å². The van der Waals surface area contributed by atoms with Gasteiger partial charge < -0.3 is 27.4 Å². The predicted octanol–water partition coefficient (Wildman–Crippen LogP) is 34.8. The van der Waals surface area contributed by atoms with Gasteiger partial charge in [0.15, 0.2) is 0 Å². The summed E-state index contributed by atoms with van der Waals surface area (Å²) in [4.78, 5) is 0. The molecule has 0 amide bonds. The van der Waals surface area contributed by atoms with Gasteiger partial charge in [-0.05, 0) is 259 Å². The molecule has 634 valence electrons. The van der Waals surface area contributed by atoms with Crippen molar-refractivity contribution >= 4 is 142 Å². The highest BCUT2D eigenvalue weighted by molar-refractivity contribution is 6.23.